The Morgan fingerprint density at radius 2 is 2.05 bits per heavy atom. The lowest BCUT2D eigenvalue weighted by molar-refractivity contribution is -0.134. The van der Waals surface area contributed by atoms with Crippen molar-refractivity contribution in [1.29, 1.82) is 0 Å². The molecule has 0 atom stereocenters. The second-order valence-corrected chi connectivity index (χ2v) is 4.33. The van der Waals surface area contributed by atoms with Crippen molar-refractivity contribution in [3.63, 3.8) is 0 Å². The maximum atomic E-state index is 10.9. The predicted molar refractivity (Wildman–Crippen MR) is 72.8 cm³/mol. The number of fused-ring (bicyclic) bond motifs is 1. The van der Waals surface area contributed by atoms with Gasteiger partial charge in [0.05, 0.1) is 18.9 Å². The van der Waals surface area contributed by atoms with Crippen LogP contribution in [-0.4, -0.2) is 18.8 Å². The van der Waals surface area contributed by atoms with E-state index < -0.39 is 5.97 Å². The van der Waals surface area contributed by atoms with Gasteiger partial charge in [-0.05, 0) is 31.2 Å². The van der Waals surface area contributed by atoms with E-state index >= 15 is 0 Å². The summed E-state index contributed by atoms with van der Waals surface area (Å²) in [5.41, 5.74) is 3.38. The SMILES string of the molecule is COC(=O)C=CON=C1CCCCc2ccccc21. The van der Waals surface area contributed by atoms with Crippen molar-refractivity contribution >= 4 is 11.7 Å². The number of carbonyl (C=O) groups is 1. The average Bonchev–Trinajstić information content (AvgIpc) is 2.66. The molecule has 1 aliphatic carbocycles. The van der Waals surface area contributed by atoms with Crippen LogP contribution in [0, 0.1) is 0 Å². The first-order valence-corrected chi connectivity index (χ1v) is 6.36. The largest absolute Gasteiger partial charge is 0.466 e. The molecule has 0 heterocycles. The van der Waals surface area contributed by atoms with E-state index in [1.807, 2.05) is 12.1 Å². The van der Waals surface area contributed by atoms with Crippen LogP contribution in [0.2, 0.25) is 0 Å². The molecule has 0 spiro atoms. The number of carbonyl (C=O) groups excluding carboxylic acids is 1. The van der Waals surface area contributed by atoms with Crippen LogP contribution in [0.3, 0.4) is 0 Å². The highest BCUT2D eigenvalue weighted by atomic mass is 16.6. The molecule has 0 amide bonds. The van der Waals surface area contributed by atoms with Crippen LogP contribution < -0.4 is 0 Å². The van der Waals surface area contributed by atoms with Gasteiger partial charge in [-0.3, -0.25) is 0 Å². The fraction of sp³-hybridized carbons (Fsp3) is 0.333. The molecule has 0 unspecified atom stereocenters. The zero-order valence-electron chi connectivity index (χ0n) is 11.0. The summed E-state index contributed by atoms with van der Waals surface area (Å²) in [5, 5.41) is 4.11. The van der Waals surface area contributed by atoms with E-state index in [0.29, 0.717) is 0 Å². The number of oxime groups is 1. The third kappa shape index (κ3) is 3.68. The van der Waals surface area contributed by atoms with Crippen molar-refractivity contribution in [1.82, 2.24) is 0 Å². The minimum Gasteiger partial charge on any atom is -0.466 e. The molecular formula is C15H17NO3. The van der Waals surface area contributed by atoms with E-state index in [1.54, 1.807) is 0 Å². The molecule has 0 saturated heterocycles. The Labute approximate surface area is 112 Å². The highest BCUT2D eigenvalue weighted by Crippen LogP contribution is 2.21. The van der Waals surface area contributed by atoms with Crippen LogP contribution in [0.1, 0.15) is 30.4 Å². The quantitative estimate of drug-likeness (QED) is 0.276. The second kappa shape index (κ2) is 6.73. The van der Waals surface area contributed by atoms with E-state index in [4.69, 9.17) is 4.84 Å². The summed E-state index contributed by atoms with van der Waals surface area (Å²) in [6.45, 7) is 0. The summed E-state index contributed by atoms with van der Waals surface area (Å²) in [7, 11) is 1.32. The van der Waals surface area contributed by atoms with Gasteiger partial charge in [-0.2, -0.15) is 0 Å². The first-order chi connectivity index (χ1) is 9.31. The summed E-state index contributed by atoms with van der Waals surface area (Å²) in [6.07, 6.45) is 6.67. The van der Waals surface area contributed by atoms with Gasteiger partial charge >= 0.3 is 5.97 Å². The van der Waals surface area contributed by atoms with E-state index in [1.165, 1.54) is 25.0 Å². The zero-order valence-corrected chi connectivity index (χ0v) is 11.0. The molecule has 100 valence electrons. The molecule has 0 bridgehead atoms. The molecule has 2 rings (SSSR count). The number of ether oxygens (including phenoxy) is 1. The molecule has 0 saturated carbocycles. The first kappa shape index (κ1) is 13.3. The van der Waals surface area contributed by atoms with E-state index in [2.05, 4.69) is 22.0 Å². The van der Waals surface area contributed by atoms with Gasteiger partial charge in [-0.15, -0.1) is 0 Å². The van der Waals surface area contributed by atoms with Crippen LogP contribution in [-0.2, 0) is 20.8 Å². The van der Waals surface area contributed by atoms with Gasteiger partial charge in [0.2, 0.25) is 0 Å². The van der Waals surface area contributed by atoms with E-state index in [0.717, 1.165) is 37.0 Å². The van der Waals surface area contributed by atoms with Crippen LogP contribution in [0.15, 0.2) is 41.8 Å². The summed E-state index contributed by atoms with van der Waals surface area (Å²) in [5.74, 6) is -0.457. The Morgan fingerprint density at radius 1 is 1.26 bits per heavy atom. The van der Waals surface area contributed by atoms with E-state index in [9.17, 15) is 4.79 Å². The van der Waals surface area contributed by atoms with Crippen LogP contribution in [0.25, 0.3) is 0 Å². The highest BCUT2D eigenvalue weighted by Gasteiger charge is 2.13. The molecule has 1 aliphatic rings. The minimum atomic E-state index is -0.457. The molecule has 0 fully saturated rings. The van der Waals surface area contributed by atoms with Crippen molar-refractivity contribution < 1.29 is 14.4 Å². The third-order valence-corrected chi connectivity index (χ3v) is 3.07. The zero-order chi connectivity index (χ0) is 13.5. The van der Waals surface area contributed by atoms with Gasteiger partial charge in [0.1, 0.15) is 6.26 Å². The number of methoxy groups -OCH3 is 1. The van der Waals surface area contributed by atoms with Gasteiger partial charge in [0.25, 0.3) is 0 Å². The maximum absolute atomic E-state index is 10.9. The maximum Gasteiger partial charge on any atom is 0.333 e. The minimum absolute atomic E-state index is 0.457. The lowest BCUT2D eigenvalue weighted by atomic mass is 10.0. The van der Waals surface area contributed by atoms with E-state index in [-0.39, 0.29) is 0 Å². The molecule has 0 radical (unpaired) electrons. The molecule has 19 heavy (non-hydrogen) atoms. The summed E-state index contributed by atoms with van der Waals surface area (Å²) < 4.78 is 4.46. The summed E-state index contributed by atoms with van der Waals surface area (Å²) >= 11 is 0. The Bertz CT molecular complexity index is 506. The van der Waals surface area contributed by atoms with Gasteiger partial charge in [0.15, 0.2) is 0 Å². The molecular weight excluding hydrogens is 242 g/mol. The Hall–Kier alpha value is -2.10. The molecule has 4 nitrogen and oxygen atoms in total. The third-order valence-electron chi connectivity index (χ3n) is 3.07. The number of hydrogen-bond donors (Lipinski definition) is 0. The van der Waals surface area contributed by atoms with Crippen LogP contribution in [0.4, 0.5) is 0 Å². The standard InChI is InChI=1S/C15H17NO3/c1-18-15(17)10-11-19-16-14-9-5-3-7-12-6-2-4-8-13(12)14/h2,4,6,8,10-11H,3,5,7,9H2,1H3. The topological polar surface area (TPSA) is 47.9 Å². The monoisotopic (exact) mass is 259 g/mol. The number of nitrogens with zero attached hydrogens (tertiary/aromatic N) is 1. The van der Waals surface area contributed by atoms with Crippen molar-refractivity contribution in [2.45, 2.75) is 25.7 Å². The fourth-order valence-corrected chi connectivity index (χ4v) is 2.11. The van der Waals surface area contributed by atoms with Gasteiger partial charge < -0.3 is 9.57 Å². The lowest BCUT2D eigenvalue weighted by Crippen LogP contribution is -2.02. The molecule has 1 aromatic rings. The second-order valence-electron chi connectivity index (χ2n) is 4.33. The molecule has 0 N–H and O–H groups in total. The molecule has 0 aliphatic heterocycles. The van der Waals surface area contributed by atoms with Crippen LogP contribution in [0.5, 0.6) is 0 Å². The predicted octanol–water partition coefficient (Wildman–Crippen LogP) is 2.82. The fourth-order valence-electron chi connectivity index (χ4n) is 2.11. The number of esters is 1. The first-order valence-electron chi connectivity index (χ1n) is 6.36. The number of aryl methyl sites for hydroxylation is 1. The van der Waals surface area contributed by atoms with Crippen molar-refractivity contribution in [2.24, 2.45) is 5.16 Å². The highest BCUT2D eigenvalue weighted by molar-refractivity contribution is 6.01. The van der Waals surface area contributed by atoms with Crippen molar-refractivity contribution in [3.8, 4) is 0 Å². The summed E-state index contributed by atoms with van der Waals surface area (Å²) in [6, 6.07) is 8.23. The average molecular weight is 259 g/mol. The Morgan fingerprint density at radius 3 is 2.89 bits per heavy atom. The normalized spacial score (nSPS) is 17.0. The number of benzene rings is 1. The Balaban J connectivity index is 2.11. The van der Waals surface area contributed by atoms with Crippen molar-refractivity contribution in [2.75, 3.05) is 7.11 Å². The van der Waals surface area contributed by atoms with Gasteiger partial charge in [-0.1, -0.05) is 29.4 Å². The van der Waals surface area contributed by atoms with Crippen LogP contribution >= 0.6 is 0 Å². The molecule has 0 aromatic heterocycles. The Kier molecular flexibility index (Phi) is 4.72. The summed E-state index contributed by atoms with van der Waals surface area (Å²) in [4.78, 5) is 15.9. The number of hydrogen-bond acceptors (Lipinski definition) is 4. The lowest BCUT2D eigenvalue weighted by Gasteiger charge is -2.06. The molecule has 1 aromatic carbocycles. The smallest absolute Gasteiger partial charge is 0.333 e. The van der Waals surface area contributed by atoms with Crippen molar-refractivity contribution in [3.05, 3.63) is 47.7 Å². The number of rotatable bonds is 3. The van der Waals surface area contributed by atoms with Gasteiger partial charge in [0, 0.05) is 5.56 Å². The van der Waals surface area contributed by atoms with Gasteiger partial charge in [-0.25, -0.2) is 4.79 Å². The molecule has 4 heteroatoms.